The van der Waals surface area contributed by atoms with Gasteiger partial charge in [-0.15, -0.1) is 10.2 Å². The van der Waals surface area contributed by atoms with Crippen LogP contribution in [0.25, 0.3) is 0 Å². The molecule has 0 saturated carbocycles. The van der Waals surface area contributed by atoms with Crippen LogP contribution in [0.3, 0.4) is 0 Å². The van der Waals surface area contributed by atoms with Gasteiger partial charge in [-0.25, -0.2) is 13.8 Å². The van der Waals surface area contributed by atoms with Gasteiger partial charge in [0.2, 0.25) is 5.90 Å². The number of alkyl carbamates (subject to hydrolysis) is 1. The molecule has 0 aliphatic carbocycles. The summed E-state index contributed by atoms with van der Waals surface area (Å²) in [6.07, 6.45) is -0.676. The van der Waals surface area contributed by atoms with Crippen LogP contribution in [0.5, 0.6) is 0 Å². The lowest BCUT2D eigenvalue weighted by Gasteiger charge is -2.24. The molecule has 2 atom stereocenters. The zero-order valence-corrected chi connectivity index (χ0v) is 18.9. The van der Waals surface area contributed by atoms with Crippen LogP contribution >= 0.6 is 11.8 Å². The molecule has 1 aliphatic rings. The summed E-state index contributed by atoms with van der Waals surface area (Å²) in [4.78, 5) is 24.0. The summed E-state index contributed by atoms with van der Waals surface area (Å²) >= 11 is -0.678. The number of hydrogen-bond acceptors (Lipinski definition) is 9. The van der Waals surface area contributed by atoms with E-state index in [9.17, 15) is 13.8 Å². The molecule has 0 aromatic heterocycles. The summed E-state index contributed by atoms with van der Waals surface area (Å²) in [5, 5.41) is 9.75. The Balaban J connectivity index is 2.12. The van der Waals surface area contributed by atoms with E-state index in [1.807, 2.05) is 30.3 Å². The summed E-state index contributed by atoms with van der Waals surface area (Å²) in [6.45, 7) is 6.94. The molecule has 0 bridgehead atoms. The number of nitrogens with one attached hydrogen (secondary N) is 1. The van der Waals surface area contributed by atoms with Crippen LogP contribution in [0.1, 0.15) is 33.3 Å². The molecular weight excluding hydrogens is 430 g/mol. The van der Waals surface area contributed by atoms with Crippen LogP contribution in [0.15, 0.2) is 40.5 Å². The summed E-state index contributed by atoms with van der Waals surface area (Å²) in [6, 6.07) is 9.03. The smallest absolute Gasteiger partial charge is 0.408 e. The van der Waals surface area contributed by atoms with Gasteiger partial charge in [0.25, 0.3) is 16.1 Å². The van der Waals surface area contributed by atoms with Crippen molar-refractivity contribution in [1.82, 2.24) is 5.32 Å². The molecule has 1 unspecified atom stereocenters. The Labute approximate surface area is 182 Å². The van der Waals surface area contributed by atoms with Gasteiger partial charge in [0.1, 0.15) is 11.6 Å². The monoisotopic (exact) mass is 455 g/mol. The van der Waals surface area contributed by atoms with Gasteiger partial charge in [-0.1, -0.05) is 30.3 Å². The van der Waals surface area contributed by atoms with Crippen molar-refractivity contribution in [2.24, 2.45) is 10.2 Å². The van der Waals surface area contributed by atoms with E-state index in [2.05, 4.69) is 15.5 Å². The number of thioether (sulfide) groups is 1. The molecule has 0 saturated heterocycles. The second-order valence-electron chi connectivity index (χ2n) is 7.08. The molecule has 1 aliphatic heterocycles. The first-order valence-electron chi connectivity index (χ1n) is 9.23. The highest BCUT2D eigenvalue weighted by molar-refractivity contribution is 7.99. The molecule has 0 radical (unpaired) electrons. The maximum absolute atomic E-state index is 12.3. The average Bonchev–Trinajstić information content (AvgIpc) is 2.66. The van der Waals surface area contributed by atoms with E-state index in [0.29, 0.717) is 11.5 Å². The van der Waals surface area contributed by atoms with Gasteiger partial charge in [0, 0.05) is 11.5 Å². The molecule has 1 aromatic rings. The van der Waals surface area contributed by atoms with Gasteiger partial charge in [0.15, 0.2) is 0 Å². The van der Waals surface area contributed by atoms with Gasteiger partial charge >= 0.3 is 12.1 Å². The Hall–Kier alpha value is -2.40. The molecule has 1 aromatic carbocycles. The third-order valence-electron chi connectivity index (χ3n) is 3.39. The van der Waals surface area contributed by atoms with E-state index in [4.69, 9.17) is 13.7 Å². The number of hydrogen-bond donors (Lipinski definition) is 1. The largest absolute Gasteiger partial charge is 0.461 e. The Kier molecular flexibility index (Phi) is 8.85. The second kappa shape index (κ2) is 11.1. The molecule has 30 heavy (non-hydrogen) atoms. The molecule has 2 rings (SSSR count). The van der Waals surface area contributed by atoms with Crippen molar-refractivity contribution in [2.75, 3.05) is 12.4 Å². The lowest BCUT2D eigenvalue weighted by Crippen LogP contribution is -2.47. The SMILES string of the molecule is CCOC(=O)C1=NN=C([C@H](CSCc2ccccc2)NC(=O)OC(C)(C)C)OS1=O. The van der Waals surface area contributed by atoms with Crippen molar-refractivity contribution < 1.29 is 27.5 Å². The second-order valence-corrected chi connectivity index (χ2v) is 9.13. The van der Waals surface area contributed by atoms with E-state index in [-0.39, 0.29) is 12.5 Å². The number of ether oxygens (including phenoxy) is 2. The summed E-state index contributed by atoms with van der Waals surface area (Å²) in [5.41, 5.74) is 0.412. The minimum atomic E-state index is -2.19. The minimum absolute atomic E-state index is 0.0761. The quantitative estimate of drug-likeness (QED) is 0.599. The first-order valence-corrected chi connectivity index (χ1v) is 11.5. The predicted octanol–water partition coefficient (Wildman–Crippen LogP) is 2.78. The van der Waals surface area contributed by atoms with Gasteiger partial charge in [-0.3, -0.25) is 0 Å². The molecule has 1 amide bonds. The van der Waals surface area contributed by atoms with Crippen LogP contribution in [-0.2, 0) is 35.3 Å². The lowest BCUT2D eigenvalue weighted by atomic mass is 10.2. The number of amides is 1. The number of esters is 1. The van der Waals surface area contributed by atoms with Gasteiger partial charge in [0.05, 0.1) is 6.61 Å². The minimum Gasteiger partial charge on any atom is -0.461 e. The van der Waals surface area contributed by atoms with Crippen molar-refractivity contribution in [3.8, 4) is 0 Å². The van der Waals surface area contributed by atoms with Gasteiger partial charge in [-0.05, 0) is 33.3 Å². The highest BCUT2D eigenvalue weighted by Gasteiger charge is 2.32. The molecule has 1 N–H and O–H groups in total. The molecular formula is C19H25N3O6S2. The van der Waals surface area contributed by atoms with Crippen LogP contribution in [0.2, 0.25) is 0 Å². The third kappa shape index (κ3) is 7.79. The molecule has 9 nitrogen and oxygen atoms in total. The first kappa shape index (κ1) is 23.9. The maximum Gasteiger partial charge on any atom is 0.408 e. The van der Waals surface area contributed by atoms with E-state index in [1.54, 1.807) is 27.7 Å². The van der Waals surface area contributed by atoms with Crippen LogP contribution in [0, 0.1) is 0 Å². The van der Waals surface area contributed by atoms with Crippen molar-refractivity contribution in [1.29, 1.82) is 0 Å². The highest BCUT2D eigenvalue weighted by atomic mass is 32.2. The molecule has 11 heteroatoms. The van der Waals surface area contributed by atoms with Gasteiger partial charge < -0.3 is 19.0 Å². The number of benzene rings is 1. The van der Waals surface area contributed by atoms with E-state index >= 15 is 0 Å². The standard InChI is InChI=1S/C19H25N3O6S2/c1-5-26-17(23)16-22-21-15(28-30(16)25)14(20-18(24)27-19(2,3)4)12-29-11-13-9-7-6-8-10-13/h6-10,14H,5,11-12H2,1-4H3,(H,20,24)/t14-,30?/m0/s1. The molecule has 0 fully saturated rings. The normalized spacial score (nSPS) is 17.1. The number of carbonyl (C=O) groups is 2. The summed E-state index contributed by atoms with van der Waals surface area (Å²) < 4.78 is 27.6. The van der Waals surface area contributed by atoms with Crippen molar-refractivity contribution in [3.05, 3.63) is 35.9 Å². The Morgan fingerprint density at radius 3 is 2.53 bits per heavy atom. The molecule has 164 valence electrons. The topological polar surface area (TPSA) is 116 Å². The fourth-order valence-corrected chi connectivity index (χ4v) is 3.88. The van der Waals surface area contributed by atoms with Crippen LogP contribution in [-0.4, -0.2) is 51.2 Å². The van der Waals surface area contributed by atoms with E-state index in [0.717, 1.165) is 5.56 Å². The van der Waals surface area contributed by atoms with Gasteiger partial charge in [-0.2, -0.15) is 11.8 Å². The van der Waals surface area contributed by atoms with Crippen molar-refractivity contribution in [2.45, 2.75) is 45.1 Å². The lowest BCUT2D eigenvalue weighted by molar-refractivity contribution is -0.134. The predicted molar refractivity (Wildman–Crippen MR) is 116 cm³/mol. The number of rotatable bonds is 8. The van der Waals surface area contributed by atoms with Crippen LogP contribution in [0.4, 0.5) is 4.79 Å². The fraction of sp³-hybridized carbons (Fsp3) is 0.474. The number of carbonyl (C=O) groups excluding carboxylic acids is 2. The third-order valence-corrected chi connectivity index (χ3v) is 5.39. The van der Waals surface area contributed by atoms with E-state index in [1.165, 1.54) is 11.8 Å². The van der Waals surface area contributed by atoms with Crippen molar-refractivity contribution >= 4 is 45.8 Å². The number of nitrogens with zero attached hydrogens (tertiary/aromatic N) is 2. The van der Waals surface area contributed by atoms with Crippen molar-refractivity contribution in [3.63, 3.8) is 0 Å². The van der Waals surface area contributed by atoms with Crippen LogP contribution < -0.4 is 5.32 Å². The molecule has 0 spiro atoms. The average molecular weight is 456 g/mol. The zero-order chi connectivity index (χ0) is 22.1. The fourth-order valence-electron chi connectivity index (χ4n) is 2.18. The summed E-state index contributed by atoms with van der Waals surface area (Å²) in [7, 11) is 0. The highest BCUT2D eigenvalue weighted by Crippen LogP contribution is 2.16. The Bertz CT molecular complexity index is 836. The Morgan fingerprint density at radius 1 is 1.23 bits per heavy atom. The molecule has 1 heterocycles. The maximum atomic E-state index is 12.3. The summed E-state index contributed by atoms with van der Waals surface area (Å²) in [5.74, 6) is 0.0942. The Morgan fingerprint density at radius 2 is 1.93 bits per heavy atom. The zero-order valence-electron chi connectivity index (χ0n) is 17.2. The van der Waals surface area contributed by atoms with E-state index < -0.39 is 39.8 Å². The first-order chi connectivity index (χ1) is 14.2.